The molecule has 0 nitrogen and oxygen atoms in total. The van der Waals surface area contributed by atoms with Gasteiger partial charge in [0.25, 0.3) is 0 Å². The van der Waals surface area contributed by atoms with E-state index in [1.165, 1.54) is 76.2 Å². The Labute approximate surface area is 130 Å². The summed E-state index contributed by atoms with van der Waals surface area (Å²) in [5.74, 6) is 0. The summed E-state index contributed by atoms with van der Waals surface area (Å²) in [7, 11) is 0. The van der Waals surface area contributed by atoms with Crippen molar-refractivity contribution in [2.45, 2.75) is 77.6 Å². The van der Waals surface area contributed by atoms with Crippen molar-refractivity contribution >= 4 is 17.0 Å². The number of rotatable bonds is 11. The van der Waals surface area contributed by atoms with E-state index < -0.39 is 0 Å². The maximum Gasteiger partial charge on any atom is -0.0279 e. The first-order valence-corrected chi connectivity index (χ1v) is 7.97. The molecule has 1 aromatic carbocycles. The molecule has 1 rings (SSSR count). The van der Waals surface area contributed by atoms with Crippen molar-refractivity contribution in [1.82, 2.24) is 0 Å². The number of benzene rings is 1. The Balaban J connectivity index is 0.00000324. The highest BCUT2D eigenvalue weighted by Gasteiger charge is 1.94. The summed E-state index contributed by atoms with van der Waals surface area (Å²) in [4.78, 5) is 0. The molecule has 0 aromatic heterocycles. The minimum absolute atomic E-state index is 0. The number of halogens is 1. The molecule has 110 valence electrons. The lowest BCUT2D eigenvalue weighted by Crippen LogP contribution is -1.86. The third kappa shape index (κ3) is 11.2. The first-order valence-electron chi connectivity index (χ1n) is 7.97. The Morgan fingerprint density at radius 3 is 1.63 bits per heavy atom. The van der Waals surface area contributed by atoms with Crippen molar-refractivity contribution < 1.29 is 0 Å². The van der Waals surface area contributed by atoms with Gasteiger partial charge >= 0.3 is 0 Å². The minimum Gasteiger partial charge on any atom is -0.114 e. The normalized spacial score (nSPS) is 10.2. The SMILES string of the molecule is Br.CCCCCCCCCCCCc1ccccc1. The van der Waals surface area contributed by atoms with Crippen molar-refractivity contribution in [3.05, 3.63) is 35.9 Å². The highest BCUT2D eigenvalue weighted by atomic mass is 79.9. The molecule has 0 saturated heterocycles. The van der Waals surface area contributed by atoms with Crippen LogP contribution >= 0.6 is 17.0 Å². The van der Waals surface area contributed by atoms with Crippen LogP contribution in [0.25, 0.3) is 0 Å². The van der Waals surface area contributed by atoms with E-state index in [2.05, 4.69) is 37.3 Å². The average molecular weight is 327 g/mol. The van der Waals surface area contributed by atoms with E-state index in [-0.39, 0.29) is 17.0 Å². The van der Waals surface area contributed by atoms with E-state index >= 15 is 0 Å². The van der Waals surface area contributed by atoms with Gasteiger partial charge in [-0.1, -0.05) is 95.0 Å². The molecule has 0 aliphatic heterocycles. The highest BCUT2D eigenvalue weighted by molar-refractivity contribution is 8.93. The van der Waals surface area contributed by atoms with Crippen LogP contribution in [-0.2, 0) is 6.42 Å². The van der Waals surface area contributed by atoms with Crippen LogP contribution in [0.5, 0.6) is 0 Å². The summed E-state index contributed by atoms with van der Waals surface area (Å²) >= 11 is 0. The van der Waals surface area contributed by atoms with E-state index in [4.69, 9.17) is 0 Å². The summed E-state index contributed by atoms with van der Waals surface area (Å²) in [6.07, 6.45) is 15.5. The second-order valence-electron chi connectivity index (χ2n) is 5.42. The molecule has 0 amide bonds. The van der Waals surface area contributed by atoms with Crippen LogP contribution in [0.1, 0.15) is 76.7 Å². The Kier molecular flexibility index (Phi) is 13.9. The van der Waals surface area contributed by atoms with E-state index in [0.717, 1.165) is 0 Å². The Morgan fingerprint density at radius 1 is 0.632 bits per heavy atom. The third-order valence-corrected chi connectivity index (χ3v) is 3.66. The van der Waals surface area contributed by atoms with Crippen LogP contribution in [0.4, 0.5) is 0 Å². The van der Waals surface area contributed by atoms with Crippen LogP contribution in [0.2, 0.25) is 0 Å². The standard InChI is InChI=1S/C18H30.BrH/c1-2-3-4-5-6-7-8-9-10-12-15-18-16-13-11-14-17-18;/h11,13-14,16-17H,2-10,12,15H2,1H3;1H. The van der Waals surface area contributed by atoms with Crippen LogP contribution in [-0.4, -0.2) is 0 Å². The van der Waals surface area contributed by atoms with Gasteiger partial charge in [0, 0.05) is 0 Å². The lowest BCUT2D eigenvalue weighted by molar-refractivity contribution is 0.556. The Morgan fingerprint density at radius 2 is 1.11 bits per heavy atom. The van der Waals surface area contributed by atoms with Gasteiger partial charge in [-0.15, -0.1) is 17.0 Å². The lowest BCUT2D eigenvalue weighted by Gasteiger charge is -2.03. The molecule has 0 aliphatic rings. The fourth-order valence-electron chi connectivity index (χ4n) is 2.46. The molecule has 0 spiro atoms. The number of hydrogen-bond acceptors (Lipinski definition) is 0. The van der Waals surface area contributed by atoms with E-state index in [9.17, 15) is 0 Å². The lowest BCUT2D eigenvalue weighted by atomic mass is 10.0. The second kappa shape index (κ2) is 14.1. The maximum absolute atomic E-state index is 2.28. The fraction of sp³-hybridized carbons (Fsp3) is 0.667. The predicted octanol–water partition coefficient (Wildman–Crippen LogP) is 6.73. The molecule has 1 heteroatoms. The summed E-state index contributed by atoms with van der Waals surface area (Å²) in [6.45, 7) is 2.28. The average Bonchev–Trinajstić information content (AvgIpc) is 2.42. The largest absolute Gasteiger partial charge is 0.114 e. The van der Waals surface area contributed by atoms with Gasteiger partial charge in [0.05, 0.1) is 0 Å². The summed E-state index contributed by atoms with van der Waals surface area (Å²) < 4.78 is 0. The molecule has 1 aromatic rings. The maximum atomic E-state index is 2.28. The quantitative estimate of drug-likeness (QED) is 0.395. The molecule has 0 atom stereocenters. The molecule has 0 N–H and O–H groups in total. The second-order valence-corrected chi connectivity index (χ2v) is 5.42. The fourth-order valence-corrected chi connectivity index (χ4v) is 2.46. The monoisotopic (exact) mass is 326 g/mol. The first-order chi connectivity index (χ1) is 8.93. The predicted molar refractivity (Wildman–Crippen MR) is 92.3 cm³/mol. The van der Waals surface area contributed by atoms with Gasteiger partial charge in [-0.3, -0.25) is 0 Å². The first kappa shape index (κ1) is 18.7. The van der Waals surface area contributed by atoms with Gasteiger partial charge in [0.2, 0.25) is 0 Å². The van der Waals surface area contributed by atoms with Crippen molar-refractivity contribution in [2.75, 3.05) is 0 Å². The highest BCUT2D eigenvalue weighted by Crippen LogP contribution is 2.12. The number of unbranched alkanes of at least 4 members (excludes halogenated alkanes) is 9. The smallest absolute Gasteiger partial charge is 0.0279 e. The van der Waals surface area contributed by atoms with Gasteiger partial charge < -0.3 is 0 Å². The zero-order valence-corrected chi connectivity index (χ0v) is 14.3. The third-order valence-electron chi connectivity index (χ3n) is 3.66. The molecule has 0 aliphatic carbocycles. The van der Waals surface area contributed by atoms with Crippen LogP contribution in [0, 0.1) is 0 Å². The van der Waals surface area contributed by atoms with Gasteiger partial charge in [0.1, 0.15) is 0 Å². The van der Waals surface area contributed by atoms with Crippen molar-refractivity contribution in [2.24, 2.45) is 0 Å². The minimum atomic E-state index is 0. The summed E-state index contributed by atoms with van der Waals surface area (Å²) in [5.41, 5.74) is 1.50. The van der Waals surface area contributed by atoms with Gasteiger partial charge in [0.15, 0.2) is 0 Å². The van der Waals surface area contributed by atoms with E-state index in [0.29, 0.717) is 0 Å². The van der Waals surface area contributed by atoms with Crippen molar-refractivity contribution in [1.29, 1.82) is 0 Å². The van der Waals surface area contributed by atoms with Crippen LogP contribution in [0.3, 0.4) is 0 Å². The zero-order chi connectivity index (χ0) is 12.9. The summed E-state index contributed by atoms with van der Waals surface area (Å²) in [6, 6.07) is 10.9. The molecule has 0 fully saturated rings. The van der Waals surface area contributed by atoms with Gasteiger partial charge in [-0.2, -0.15) is 0 Å². The van der Waals surface area contributed by atoms with E-state index in [1.54, 1.807) is 0 Å². The van der Waals surface area contributed by atoms with E-state index in [1.807, 2.05) is 0 Å². The molecular weight excluding hydrogens is 296 g/mol. The Bertz CT molecular complexity index is 268. The van der Waals surface area contributed by atoms with Gasteiger partial charge in [-0.25, -0.2) is 0 Å². The number of hydrogen-bond donors (Lipinski definition) is 0. The van der Waals surface area contributed by atoms with Crippen LogP contribution < -0.4 is 0 Å². The molecule has 0 radical (unpaired) electrons. The van der Waals surface area contributed by atoms with Crippen molar-refractivity contribution in [3.63, 3.8) is 0 Å². The van der Waals surface area contributed by atoms with Crippen LogP contribution in [0.15, 0.2) is 30.3 Å². The zero-order valence-electron chi connectivity index (χ0n) is 12.6. The molecule has 0 saturated carbocycles. The molecule has 19 heavy (non-hydrogen) atoms. The molecule has 0 heterocycles. The Hall–Kier alpha value is -0.300. The topological polar surface area (TPSA) is 0 Å². The summed E-state index contributed by atoms with van der Waals surface area (Å²) in [5, 5.41) is 0. The molecule has 0 bridgehead atoms. The molecular formula is C18H31Br. The number of aryl methyl sites for hydroxylation is 1. The molecule has 0 unspecified atom stereocenters. The van der Waals surface area contributed by atoms with Gasteiger partial charge in [-0.05, 0) is 18.4 Å². The van der Waals surface area contributed by atoms with Crippen molar-refractivity contribution in [3.8, 4) is 0 Å².